The molecule has 6 heteroatoms. The van der Waals surface area contributed by atoms with E-state index >= 15 is 0 Å². The first-order valence-corrected chi connectivity index (χ1v) is 6.44. The van der Waals surface area contributed by atoms with Gasteiger partial charge < -0.3 is 0 Å². The molecule has 2 rings (SSSR count). The van der Waals surface area contributed by atoms with Gasteiger partial charge in [-0.25, -0.2) is 18.7 Å². The van der Waals surface area contributed by atoms with Crippen LogP contribution >= 0.6 is 0 Å². The minimum Gasteiger partial charge on any atom is -0.300 e. The average molecular weight is 245 g/mol. The number of rotatable bonds is 4. The van der Waals surface area contributed by atoms with Crippen molar-refractivity contribution in [1.29, 1.82) is 0 Å². The summed E-state index contributed by atoms with van der Waals surface area (Å²) in [4.78, 5) is 4.13. The topological polar surface area (TPSA) is 69.4 Å². The van der Waals surface area contributed by atoms with Crippen LogP contribution in [0.3, 0.4) is 0 Å². The molecule has 88 valence electrons. The maximum absolute atomic E-state index is 13.6. The predicted octanol–water partition coefficient (Wildman–Crippen LogP) is 1.15. The lowest BCUT2D eigenvalue weighted by Gasteiger charge is -2.06. The molecule has 4 nitrogen and oxygen atoms in total. The lowest BCUT2D eigenvalue weighted by Crippen LogP contribution is -2.10. The smallest absolute Gasteiger partial charge is 0.184 e. The van der Waals surface area contributed by atoms with E-state index in [-0.39, 0.29) is 11.5 Å². The largest absolute Gasteiger partial charge is 0.300 e. The molecule has 1 fully saturated rings. The third-order valence-corrected chi connectivity index (χ3v) is 4.81. The molecule has 1 aliphatic rings. The molecule has 0 aliphatic heterocycles. The molecule has 16 heavy (non-hydrogen) atoms. The Morgan fingerprint density at radius 1 is 1.44 bits per heavy atom. The Balaban J connectivity index is 2.36. The Morgan fingerprint density at radius 2 is 2.12 bits per heavy atom. The van der Waals surface area contributed by atoms with Crippen LogP contribution < -0.4 is 5.90 Å². The summed E-state index contributed by atoms with van der Waals surface area (Å²) in [7, 11) is -3.48. The van der Waals surface area contributed by atoms with Gasteiger partial charge in [-0.3, -0.25) is 4.84 Å². The molecule has 1 aromatic rings. The van der Waals surface area contributed by atoms with Gasteiger partial charge in [0.15, 0.2) is 9.84 Å². The second-order valence-corrected chi connectivity index (χ2v) is 6.02. The minimum absolute atomic E-state index is 0.0562. The molecule has 1 saturated carbocycles. The van der Waals surface area contributed by atoms with Crippen LogP contribution in [0, 0.1) is 5.82 Å². The maximum Gasteiger partial charge on any atom is 0.184 e. The Labute approximate surface area is 93.1 Å². The van der Waals surface area contributed by atoms with Crippen LogP contribution in [0.5, 0.6) is 0 Å². The van der Waals surface area contributed by atoms with Gasteiger partial charge in [-0.15, -0.1) is 0 Å². The first kappa shape index (κ1) is 11.5. The van der Waals surface area contributed by atoms with E-state index in [2.05, 4.69) is 4.84 Å². The number of benzene rings is 1. The fourth-order valence-corrected chi connectivity index (χ4v) is 3.22. The second-order valence-electron chi connectivity index (χ2n) is 3.82. The summed E-state index contributed by atoms with van der Waals surface area (Å²) in [6.07, 6.45) is 1.24. The first-order valence-electron chi connectivity index (χ1n) is 4.89. The van der Waals surface area contributed by atoms with Crippen molar-refractivity contribution in [3.05, 3.63) is 29.6 Å². The summed E-state index contributed by atoms with van der Waals surface area (Å²) in [5.74, 6) is 4.12. The number of hydrogen-bond acceptors (Lipinski definition) is 4. The molecule has 0 spiro atoms. The van der Waals surface area contributed by atoms with Crippen molar-refractivity contribution in [2.24, 2.45) is 5.90 Å². The molecule has 1 aromatic carbocycles. The van der Waals surface area contributed by atoms with Crippen molar-refractivity contribution in [2.75, 3.05) is 0 Å². The van der Waals surface area contributed by atoms with E-state index in [1.807, 2.05) is 0 Å². The highest BCUT2D eigenvalue weighted by molar-refractivity contribution is 7.92. The third kappa shape index (κ3) is 2.09. The highest BCUT2D eigenvalue weighted by Gasteiger charge is 2.38. The Hall–Kier alpha value is -0.980. The second kappa shape index (κ2) is 4.12. The molecule has 0 atom stereocenters. The lowest BCUT2D eigenvalue weighted by molar-refractivity contribution is 0.124. The number of hydrogen-bond donors (Lipinski definition) is 1. The molecule has 0 heterocycles. The Morgan fingerprint density at radius 3 is 2.62 bits per heavy atom. The van der Waals surface area contributed by atoms with Crippen molar-refractivity contribution >= 4 is 9.84 Å². The monoisotopic (exact) mass is 245 g/mol. The fourth-order valence-electron chi connectivity index (χ4n) is 1.52. The van der Waals surface area contributed by atoms with Crippen LogP contribution in [0.2, 0.25) is 0 Å². The zero-order valence-corrected chi connectivity index (χ0v) is 9.34. The van der Waals surface area contributed by atoms with Crippen molar-refractivity contribution in [3.63, 3.8) is 0 Å². The van der Waals surface area contributed by atoms with Crippen molar-refractivity contribution in [1.82, 2.24) is 0 Å². The summed E-state index contributed by atoms with van der Waals surface area (Å²) in [6, 6.07) is 3.92. The average Bonchev–Trinajstić information content (AvgIpc) is 3.00. The predicted molar refractivity (Wildman–Crippen MR) is 55.6 cm³/mol. The molecule has 2 N–H and O–H groups in total. The van der Waals surface area contributed by atoms with Gasteiger partial charge >= 0.3 is 0 Å². The van der Waals surface area contributed by atoms with Crippen LogP contribution in [0.15, 0.2) is 23.1 Å². The summed E-state index contributed by atoms with van der Waals surface area (Å²) >= 11 is 0. The summed E-state index contributed by atoms with van der Waals surface area (Å²) in [5.41, 5.74) is 0.509. The van der Waals surface area contributed by atoms with Crippen molar-refractivity contribution in [3.8, 4) is 0 Å². The van der Waals surface area contributed by atoms with E-state index in [0.717, 1.165) is 6.07 Å². The number of nitrogens with two attached hydrogens (primary N) is 1. The normalized spacial score (nSPS) is 16.4. The van der Waals surface area contributed by atoms with Crippen molar-refractivity contribution in [2.45, 2.75) is 29.6 Å². The van der Waals surface area contributed by atoms with E-state index in [1.165, 1.54) is 12.1 Å². The van der Waals surface area contributed by atoms with Crippen LogP contribution in [0.1, 0.15) is 18.4 Å². The Bertz CT molecular complexity index is 497. The molecule has 0 radical (unpaired) electrons. The summed E-state index contributed by atoms with van der Waals surface area (Å²) in [6.45, 7) is 0.0562. The van der Waals surface area contributed by atoms with Gasteiger partial charge in [0.1, 0.15) is 10.7 Å². The third-order valence-electron chi connectivity index (χ3n) is 2.52. The van der Waals surface area contributed by atoms with E-state index in [1.54, 1.807) is 0 Å². The van der Waals surface area contributed by atoms with E-state index in [0.29, 0.717) is 18.4 Å². The summed E-state index contributed by atoms with van der Waals surface area (Å²) in [5, 5.41) is -0.404. The van der Waals surface area contributed by atoms with E-state index in [4.69, 9.17) is 5.90 Å². The van der Waals surface area contributed by atoms with E-state index < -0.39 is 20.9 Å². The number of halogens is 1. The minimum atomic E-state index is -3.48. The van der Waals surface area contributed by atoms with Crippen molar-refractivity contribution < 1.29 is 17.6 Å². The molecule has 1 aliphatic carbocycles. The van der Waals surface area contributed by atoms with Gasteiger partial charge in [0.05, 0.1) is 11.9 Å². The molecule has 0 unspecified atom stereocenters. The molecule has 0 aromatic heterocycles. The summed E-state index contributed by atoms with van der Waals surface area (Å²) < 4.78 is 37.2. The molecule has 0 bridgehead atoms. The van der Waals surface area contributed by atoms with Crippen LogP contribution in [-0.2, 0) is 21.3 Å². The maximum atomic E-state index is 13.6. The molecule has 0 saturated heterocycles. The first-order chi connectivity index (χ1) is 7.55. The van der Waals surface area contributed by atoms with Gasteiger partial charge in [0, 0.05) is 0 Å². The zero-order valence-electron chi connectivity index (χ0n) is 8.52. The van der Waals surface area contributed by atoms with Gasteiger partial charge in [-0.2, -0.15) is 0 Å². The van der Waals surface area contributed by atoms with Crippen LogP contribution in [-0.4, -0.2) is 13.7 Å². The quantitative estimate of drug-likeness (QED) is 0.808. The van der Waals surface area contributed by atoms with Gasteiger partial charge in [0.2, 0.25) is 0 Å². The van der Waals surface area contributed by atoms with Gasteiger partial charge in [0.25, 0.3) is 0 Å². The Kier molecular flexibility index (Phi) is 2.96. The highest BCUT2D eigenvalue weighted by Crippen LogP contribution is 2.34. The van der Waals surface area contributed by atoms with Gasteiger partial charge in [-0.1, -0.05) is 6.07 Å². The SMILES string of the molecule is NOCc1ccc(S(=O)(=O)C2CC2)c(F)c1. The van der Waals surface area contributed by atoms with E-state index in [9.17, 15) is 12.8 Å². The van der Waals surface area contributed by atoms with Crippen LogP contribution in [0.4, 0.5) is 4.39 Å². The molecular weight excluding hydrogens is 233 g/mol. The zero-order chi connectivity index (χ0) is 11.8. The lowest BCUT2D eigenvalue weighted by atomic mass is 10.2. The molecular formula is C10H12FNO3S. The highest BCUT2D eigenvalue weighted by atomic mass is 32.2. The molecule has 0 amide bonds. The van der Waals surface area contributed by atoms with Gasteiger partial charge in [-0.05, 0) is 30.5 Å². The standard InChI is InChI=1S/C10H12FNO3S/c11-9-5-7(6-15-12)1-4-10(9)16(13,14)8-2-3-8/h1,4-5,8H,2-3,6,12H2. The fraction of sp³-hybridized carbons (Fsp3) is 0.400. The van der Waals surface area contributed by atoms with Crippen LogP contribution in [0.25, 0.3) is 0 Å². The number of sulfone groups is 1.